The third-order valence-electron chi connectivity index (χ3n) is 7.55. The van der Waals surface area contributed by atoms with Crippen LogP contribution in [0.3, 0.4) is 0 Å². The molecule has 1 aromatic heterocycles. The van der Waals surface area contributed by atoms with Crippen LogP contribution in [-0.2, 0) is 19.0 Å². The largest absolute Gasteiger partial charge is 0.466 e. The lowest BCUT2D eigenvalue weighted by Crippen LogP contribution is -2.36. The van der Waals surface area contributed by atoms with Gasteiger partial charge in [0.2, 0.25) is 0 Å². The van der Waals surface area contributed by atoms with E-state index >= 15 is 0 Å². The maximum atomic E-state index is 11.5. The van der Waals surface area contributed by atoms with Crippen molar-refractivity contribution in [2.24, 2.45) is 0 Å². The molecule has 0 spiro atoms. The average molecular weight is 551 g/mol. The number of anilines is 2. The summed E-state index contributed by atoms with van der Waals surface area (Å²) in [6.45, 7) is 6.63. The smallest absolute Gasteiger partial charge is 0.330 e. The van der Waals surface area contributed by atoms with Crippen molar-refractivity contribution < 1.29 is 19.0 Å². The highest BCUT2D eigenvalue weighted by atomic mass is 16.5. The SMILES string of the molecule is COC(=O)/C=C/c1ccc(-c2nc(-c3ccc(N4CCOCC4)cc3)c(-c3ccc(N4CCOCC4)cc3)[nH]2)cc1. The van der Waals surface area contributed by atoms with E-state index in [1.165, 1.54) is 24.6 Å². The molecule has 1 N–H and O–H groups in total. The molecule has 0 atom stereocenters. The van der Waals surface area contributed by atoms with Gasteiger partial charge in [-0.05, 0) is 35.9 Å². The van der Waals surface area contributed by atoms with Crippen LogP contribution in [0.25, 0.3) is 40.0 Å². The van der Waals surface area contributed by atoms with Crippen LogP contribution >= 0.6 is 0 Å². The van der Waals surface area contributed by atoms with Gasteiger partial charge in [0.25, 0.3) is 0 Å². The average Bonchev–Trinajstić information content (AvgIpc) is 3.50. The summed E-state index contributed by atoms with van der Waals surface area (Å²) >= 11 is 0. The second-order valence-electron chi connectivity index (χ2n) is 10.1. The first-order valence-corrected chi connectivity index (χ1v) is 14.0. The Bertz CT molecular complexity index is 1400. The maximum Gasteiger partial charge on any atom is 0.330 e. The van der Waals surface area contributed by atoms with Crippen molar-refractivity contribution in [3.8, 4) is 33.9 Å². The summed E-state index contributed by atoms with van der Waals surface area (Å²) < 4.78 is 15.7. The van der Waals surface area contributed by atoms with Crippen molar-refractivity contribution in [1.82, 2.24) is 9.97 Å². The molecule has 0 unspecified atom stereocenters. The van der Waals surface area contributed by atoms with Gasteiger partial charge in [0.15, 0.2) is 0 Å². The van der Waals surface area contributed by atoms with Gasteiger partial charge in [0.1, 0.15) is 5.82 Å². The normalized spacial score (nSPS) is 15.8. The van der Waals surface area contributed by atoms with E-state index in [2.05, 4.69) is 63.3 Å². The minimum atomic E-state index is -0.381. The van der Waals surface area contributed by atoms with Gasteiger partial charge >= 0.3 is 5.97 Å². The number of carbonyl (C=O) groups is 1. The van der Waals surface area contributed by atoms with Crippen molar-refractivity contribution in [2.45, 2.75) is 0 Å². The van der Waals surface area contributed by atoms with Gasteiger partial charge in [0, 0.05) is 60.3 Å². The number of H-pyrrole nitrogens is 1. The number of hydrogen-bond acceptors (Lipinski definition) is 7. The first kappa shape index (κ1) is 26.8. The third kappa shape index (κ3) is 6.19. The summed E-state index contributed by atoms with van der Waals surface area (Å²) in [5.74, 6) is 0.404. The van der Waals surface area contributed by atoms with E-state index in [0.717, 1.165) is 92.1 Å². The quantitative estimate of drug-likeness (QED) is 0.248. The van der Waals surface area contributed by atoms with Crippen molar-refractivity contribution in [2.75, 3.05) is 69.5 Å². The number of imidazole rings is 1. The van der Waals surface area contributed by atoms with Crippen LogP contribution < -0.4 is 9.80 Å². The van der Waals surface area contributed by atoms with Gasteiger partial charge in [-0.25, -0.2) is 9.78 Å². The molecule has 2 saturated heterocycles. The monoisotopic (exact) mass is 550 g/mol. The number of nitrogens with one attached hydrogen (secondary N) is 1. The van der Waals surface area contributed by atoms with E-state index in [9.17, 15) is 4.79 Å². The molecule has 0 amide bonds. The Labute approximate surface area is 240 Å². The van der Waals surface area contributed by atoms with E-state index in [-0.39, 0.29) is 5.97 Å². The zero-order valence-electron chi connectivity index (χ0n) is 23.2. The molecule has 3 heterocycles. The molecule has 3 aromatic carbocycles. The van der Waals surface area contributed by atoms with E-state index in [0.29, 0.717) is 0 Å². The molecule has 8 heteroatoms. The molecule has 0 radical (unpaired) electrons. The molecular formula is C33H34N4O4. The Morgan fingerprint density at radius 1 is 0.756 bits per heavy atom. The lowest BCUT2D eigenvalue weighted by atomic mass is 10.0. The van der Waals surface area contributed by atoms with Crippen molar-refractivity contribution in [3.63, 3.8) is 0 Å². The lowest BCUT2D eigenvalue weighted by Gasteiger charge is -2.29. The first-order chi connectivity index (χ1) is 20.2. The first-order valence-electron chi connectivity index (χ1n) is 14.0. The fraction of sp³-hybridized carbons (Fsp3) is 0.273. The van der Waals surface area contributed by atoms with Crippen LogP contribution in [0.2, 0.25) is 0 Å². The fourth-order valence-electron chi connectivity index (χ4n) is 5.22. The highest BCUT2D eigenvalue weighted by Crippen LogP contribution is 2.35. The highest BCUT2D eigenvalue weighted by Gasteiger charge is 2.18. The zero-order valence-corrected chi connectivity index (χ0v) is 23.2. The predicted molar refractivity (Wildman–Crippen MR) is 162 cm³/mol. The van der Waals surface area contributed by atoms with E-state index in [4.69, 9.17) is 19.2 Å². The third-order valence-corrected chi connectivity index (χ3v) is 7.55. The molecule has 210 valence electrons. The van der Waals surface area contributed by atoms with Crippen molar-refractivity contribution in [3.05, 3.63) is 84.4 Å². The number of methoxy groups -OCH3 is 1. The van der Waals surface area contributed by atoms with E-state index in [1.54, 1.807) is 6.08 Å². The summed E-state index contributed by atoms with van der Waals surface area (Å²) in [4.78, 5) is 24.9. The summed E-state index contributed by atoms with van der Waals surface area (Å²) in [6, 6.07) is 25.3. The molecule has 0 saturated carbocycles. The number of carbonyl (C=O) groups excluding carboxylic acids is 1. The molecule has 4 aromatic rings. The number of aromatic nitrogens is 2. The molecule has 2 aliphatic rings. The van der Waals surface area contributed by atoms with Gasteiger partial charge in [-0.3, -0.25) is 0 Å². The number of morpholine rings is 2. The number of ether oxygens (including phenoxy) is 3. The van der Waals surface area contributed by atoms with Crippen LogP contribution in [0, 0.1) is 0 Å². The minimum absolute atomic E-state index is 0.381. The Morgan fingerprint density at radius 2 is 1.27 bits per heavy atom. The maximum absolute atomic E-state index is 11.5. The number of aromatic amines is 1. The molecule has 6 rings (SSSR count). The zero-order chi connectivity index (χ0) is 28.0. The molecular weight excluding hydrogens is 516 g/mol. The molecule has 2 aliphatic heterocycles. The van der Waals surface area contributed by atoms with Crippen LogP contribution in [0.15, 0.2) is 78.9 Å². The topological polar surface area (TPSA) is 79.9 Å². The molecule has 41 heavy (non-hydrogen) atoms. The number of nitrogens with zero attached hydrogens (tertiary/aromatic N) is 3. The highest BCUT2D eigenvalue weighted by molar-refractivity contribution is 5.87. The summed E-state index contributed by atoms with van der Waals surface area (Å²) in [7, 11) is 1.37. The van der Waals surface area contributed by atoms with Crippen molar-refractivity contribution >= 4 is 23.4 Å². The minimum Gasteiger partial charge on any atom is -0.466 e. The van der Waals surface area contributed by atoms with Gasteiger partial charge in [-0.1, -0.05) is 48.5 Å². The van der Waals surface area contributed by atoms with Gasteiger partial charge in [-0.2, -0.15) is 0 Å². The molecule has 8 nitrogen and oxygen atoms in total. The standard InChI is InChI=1S/C33H34N4O4/c1-39-30(38)15-4-24-2-5-27(6-3-24)33-34-31(25-7-11-28(12-8-25)36-16-20-40-21-17-36)32(35-33)26-9-13-29(14-10-26)37-18-22-41-23-19-37/h2-15H,16-23H2,1H3,(H,34,35)/b15-4+. The van der Waals surface area contributed by atoms with E-state index in [1.807, 2.05) is 24.3 Å². The van der Waals surface area contributed by atoms with Crippen molar-refractivity contribution in [1.29, 1.82) is 0 Å². The number of rotatable bonds is 7. The Kier molecular flexibility index (Phi) is 8.11. The fourth-order valence-corrected chi connectivity index (χ4v) is 5.22. The summed E-state index contributed by atoms with van der Waals surface area (Å²) in [5.41, 5.74) is 8.26. The molecule has 0 aliphatic carbocycles. The predicted octanol–water partition coefficient (Wildman–Crippen LogP) is 5.27. The Morgan fingerprint density at radius 3 is 1.80 bits per heavy atom. The van der Waals surface area contributed by atoms with Crippen LogP contribution in [-0.4, -0.2) is 75.7 Å². The second-order valence-corrected chi connectivity index (χ2v) is 10.1. The number of hydrogen-bond donors (Lipinski definition) is 1. The Balaban J connectivity index is 1.33. The Hall–Kier alpha value is -4.40. The second kappa shape index (κ2) is 12.4. The van der Waals surface area contributed by atoms with E-state index < -0.39 is 0 Å². The number of benzene rings is 3. The number of esters is 1. The van der Waals surface area contributed by atoms with Crippen LogP contribution in [0.1, 0.15) is 5.56 Å². The van der Waals surface area contributed by atoms with Gasteiger partial charge < -0.3 is 29.0 Å². The van der Waals surface area contributed by atoms with Crippen LogP contribution in [0.5, 0.6) is 0 Å². The van der Waals surface area contributed by atoms with Gasteiger partial charge in [0.05, 0.1) is 44.9 Å². The van der Waals surface area contributed by atoms with Gasteiger partial charge in [-0.15, -0.1) is 0 Å². The summed E-state index contributed by atoms with van der Waals surface area (Å²) in [5, 5.41) is 0. The van der Waals surface area contributed by atoms with Crippen LogP contribution in [0.4, 0.5) is 11.4 Å². The summed E-state index contributed by atoms with van der Waals surface area (Å²) in [6.07, 6.45) is 3.15. The lowest BCUT2D eigenvalue weighted by molar-refractivity contribution is -0.134. The molecule has 2 fully saturated rings. The molecule has 0 bridgehead atoms.